The van der Waals surface area contributed by atoms with Crippen molar-refractivity contribution in [2.75, 3.05) is 7.05 Å². The molecule has 0 unspecified atom stereocenters. The van der Waals surface area contributed by atoms with Crippen LogP contribution in [0.2, 0.25) is 0 Å². The van der Waals surface area contributed by atoms with Gasteiger partial charge in [0.25, 0.3) is 0 Å². The number of hydrogen-bond donors (Lipinski definition) is 1. The zero-order valence-corrected chi connectivity index (χ0v) is 8.05. The van der Waals surface area contributed by atoms with Crippen LogP contribution < -0.4 is 5.32 Å². The molecular formula is C12H12FN. The first-order valence-corrected chi connectivity index (χ1v) is 4.62. The van der Waals surface area contributed by atoms with Crippen LogP contribution in [0.3, 0.4) is 0 Å². The number of benzene rings is 2. The van der Waals surface area contributed by atoms with Gasteiger partial charge in [-0.3, -0.25) is 0 Å². The Hall–Kier alpha value is -1.41. The third-order valence-electron chi connectivity index (χ3n) is 2.25. The van der Waals surface area contributed by atoms with Gasteiger partial charge in [-0.25, -0.2) is 4.39 Å². The van der Waals surface area contributed by atoms with Crippen molar-refractivity contribution in [1.82, 2.24) is 5.32 Å². The molecule has 0 aliphatic heterocycles. The molecule has 0 aliphatic carbocycles. The van der Waals surface area contributed by atoms with E-state index < -0.39 is 0 Å². The van der Waals surface area contributed by atoms with Crippen LogP contribution in [0.15, 0.2) is 36.4 Å². The summed E-state index contributed by atoms with van der Waals surface area (Å²) in [6.07, 6.45) is 0. The van der Waals surface area contributed by atoms with Crippen LogP contribution in [0.1, 0.15) is 5.56 Å². The number of halogens is 1. The molecule has 0 atom stereocenters. The average molecular weight is 189 g/mol. The van der Waals surface area contributed by atoms with E-state index in [0.29, 0.717) is 0 Å². The molecule has 0 aliphatic rings. The lowest BCUT2D eigenvalue weighted by molar-refractivity contribution is 0.629. The van der Waals surface area contributed by atoms with Crippen molar-refractivity contribution >= 4 is 10.8 Å². The highest BCUT2D eigenvalue weighted by atomic mass is 19.1. The van der Waals surface area contributed by atoms with Crippen molar-refractivity contribution in [3.05, 3.63) is 47.8 Å². The second-order valence-electron chi connectivity index (χ2n) is 3.36. The summed E-state index contributed by atoms with van der Waals surface area (Å²) in [6, 6.07) is 10.9. The minimum Gasteiger partial charge on any atom is -0.316 e. The van der Waals surface area contributed by atoms with Crippen molar-refractivity contribution < 1.29 is 4.39 Å². The van der Waals surface area contributed by atoms with Crippen molar-refractivity contribution in [3.63, 3.8) is 0 Å². The molecule has 0 spiro atoms. The highest BCUT2D eigenvalue weighted by Gasteiger charge is 1.97. The predicted octanol–water partition coefficient (Wildman–Crippen LogP) is 2.70. The highest BCUT2D eigenvalue weighted by Crippen LogP contribution is 2.17. The fourth-order valence-electron chi connectivity index (χ4n) is 1.58. The van der Waals surface area contributed by atoms with Crippen molar-refractivity contribution in [3.8, 4) is 0 Å². The molecule has 1 nitrogen and oxygen atoms in total. The lowest BCUT2D eigenvalue weighted by Gasteiger charge is -2.02. The van der Waals surface area contributed by atoms with Crippen LogP contribution in [0.25, 0.3) is 10.8 Å². The normalized spacial score (nSPS) is 10.7. The van der Waals surface area contributed by atoms with Crippen molar-refractivity contribution in [2.24, 2.45) is 0 Å². The van der Waals surface area contributed by atoms with E-state index in [2.05, 4.69) is 11.4 Å². The van der Waals surface area contributed by atoms with Gasteiger partial charge >= 0.3 is 0 Å². The van der Waals surface area contributed by atoms with Crippen molar-refractivity contribution in [2.45, 2.75) is 6.54 Å². The van der Waals surface area contributed by atoms with Crippen LogP contribution >= 0.6 is 0 Å². The Labute approximate surface area is 82.6 Å². The number of hydrogen-bond acceptors (Lipinski definition) is 1. The van der Waals surface area contributed by atoms with Gasteiger partial charge < -0.3 is 5.32 Å². The van der Waals surface area contributed by atoms with E-state index in [1.165, 1.54) is 11.6 Å². The second-order valence-corrected chi connectivity index (χ2v) is 3.36. The summed E-state index contributed by atoms with van der Waals surface area (Å²) in [7, 11) is 1.91. The van der Waals surface area contributed by atoms with Gasteiger partial charge in [-0.2, -0.15) is 0 Å². The number of fused-ring (bicyclic) bond motifs is 1. The van der Waals surface area contributed by atoms with Crippen LogP contribution in [-0.4, -0.2) is 7.05 Å². The van der Waals surface area contributed by atoms with E-state index in [9.17, 15) is 4.39 Å². The first-order chi connectivity index (χ1) is 6.79. The molecule has 1 N–H and O–H groups in total. The smallest absolute Gasteiger partial charge is 0.123 e. The summed E-state index contributed by atoms with van der Waals surface area (Å²) in [4.78, 5) is 0. The Kier molecular flexibility index (Phi) is 2.46. The molecule has 0 heterocycles. The average Bonchev–Trinajstić information content (AvgIpc) is 2.19. The van der Waals surface area contributed by atoms with Gasteiger partial charge in [-0.1, -0.05) is 18.2 Å². The Balaban J connectivity index is 2.50. The van der Waals surface area contributed by atoms with Gasteiger partial charge in [0.05, 0.1) is 0 Å². The van der Waals surface area contributed by atoms with Crippen LogP contribution in [0.5, 0.6) is 0 Å². The van der Waals surface area contributed by atoms with E-state index in [0.717, 1.165) is 17.3 Å². The van der Waals surface area contributed by atoms with E-state index in [-0.39, 0.29) is 5.82 Å². The van der Waals surface area contributed by atoms with E-state index in [1.807, 2.05) is 25.2 Å². The standard InChI is InChI=1S/C12H12FN/c1-14-8-9-2-3-11-7-12(13)5-4-10(11)6-9/h2-7,14H,8H2,1H3. The van der Waals surface area contributed by atoms with Gasteiger partial charge in [0.2, 0.25) is 0 Å². The first-order valence-electron chi connectivity index (χ1n) is 4.62. The summed E-state index contributed by atoms with van der Waals surface area (Å²) < 4.78 is 12.9. The van der Waals surface area contributed by atoms with Gasteiger partial charge in [0, 0.05) is 6.54 Å². The summed E-state index contributed by atoms with van der Waals surface area (Å²) in [5, 5.41) is 5.12. The molecule has 2 heteroatoms. The van der Waals surface area contributed by atoms with Gasteiger partial charge in [0.15, 0.2) is 0 Å². The van der Waals surface area contributed by atoms with Gasteiger partial charge in [0.1, 0.15) is 5.82 Å². The summed E-state index contributed by atoms with van der Waals surface area (Å²) in [6.45, 7) is 0.841. The lowest BCUT2D eigenvalue weighted by Crippen LogP contribution is -2.04. The summed E-state index contributed by atoms with van der Waals surface area (Å²) >= 11 is 0. The lowest BCUT2D eigenvalue weighted by atomic mass is 10.1. The van der Waals surface area contributed by atoms with E-state index in [4.69, 9.17) is 0 Å². The van der Waals surface area contributed by atoms with E-state index in [1.54, 1.807) is 6.07 Å². The molecule has 2 rings (SSSR count). The van der Waals surface area contributed by atoms with E-state index >= 15 is 0 Å². The molecule has 0 saturated carbocycles. The van der Waals surface area contributed by atoms with Crippen molar-refractivity contribution in [1.29, 1.82) is 0 Å². The SMILES string of the molecule is CNCc1ccc2cc(F)ccc2c1. The molecule has 72 valence electrons. The fraction of sp³-hybridized carbons (Fsp3) is 0.167. The molecule has 0 amide bonds. The molecule has 0 fully saturated rings. The maximum Gasteiger partial charge on any atom is 0.123 e. The molecular weight excluding hydrogens is 177 g/mol. The van der Waals surface area contributed by atoms with Gasteiger partial charge in [-0.15, -0.1) is 0 Å². The first kappa shape index (κ1) is 9.16. The highest BCUT2D eigenvalue weighted by molar-refractivity contribution is 5.83. The van der Waals surface area contributed by atoms with Crippen LogP contribution in [-0.2, 0) is 6.54 Å². The number of rotatable bonds is 2. The summed E-state index contributed by atoms with van der Waals surface area (Å²) in [5.74, 6) is -0.182. The molecule has 14 heavy (non-hydrogen) atoms. The Morgan fingerprint density at radius 3 is 2.57 bits per heavy atom. The number of nitrogens with one attached hydrogen (secondary N) is 1. The minimum atomic E-state index is -0.182. The molecule has 0 saturated heterocycles. The maximum atomic E-state index is 12.9. The molecule has 0 radical (unpaired) electrons. The Morgan fingerprint density at radius 2 is 1.79 bits per heavy atom. The second kappa shape index (κ2) is 3.76. The van der Waals surface area contributed by atoms with Crippen LogP contribution in [0.4, 0.5) is 4.39 Å². The van der Waals surface area contributed by atoms with Gasteiger partial charge in [-0.05, 0) is 41.6 Å². The largest absolute Gasteiger partial charge is 0.316 e. The molecule has 0 aromatic heterocycles. The molecule has 2 aromatic carbocycles. The Morgan fingerprint density at radius 1 is 1.07 bits per heavy atom. The topological polar surface area (TPSA) is 12.0 Å². The minimum absolute atomic E-state index is 0.182. The zero-order valence-electron chi connectivity index (χ0n) is 8.05. The Bertz CT molecular complexity index is 451. The molecule has 0 bridgehead atoms. The summed E-state index contributed by atoms with van der Waals surface area (Å²) in [5.41, 5.74) is 1.21. The third-order valence-corrected chi connectivity index (χ3v) is 2.25. The quantitative estimate of drug-likeness (QED) is 0.765. The molecule has 2 aromatic rings. The predicted molar refractivity (Wildman–Crippen MR) is 56.7 cm³/mol. The third kappa shape index (κ3) is 1.75. The maximum absolute atomic E-state index is 12.9. The fourth-order valence-corrected chi connectivity index (χ4v) is 1.58. The van der Waals surface area contributed by atoms with Crippen LogP contribution in [0, 0.1) is 5.82 Å². The zero-order chi connectivity index (χ0) is 9.97. The monoisotopic (exact) mass is 189 g/mol.